The quantitative estimate of drug-likeness (QED) is 0.592. The molecule has 2 heteroatoms. The molecule has 0 aliphatic carbocycles. The summed E-state index contributed by atoms with van der Waals surface area (Å²) in [5.74, 6) is 3.00. The number of ketones is 1. The molecular formula is C10H14O2. The summed E-state index contributed by atoms with van der Waals surface area (Å²) < 4.78 is 5.31. The van der Waals surface area contributed by atoms with Crippen LogP contribution in [0.25, 0.3) is 0 Å². The molecule has 0 aromatic rings. The monoisotopic (exact) mass is 166 g/mol. The van der Waals surface area contributed by atoms with Crippen molar-refractivity contribution < 1.29 is 9.53 Å². The zero-order chi connectivity index (χ0) is 8.97. The highest BCUT2D eigenvalue weighted by Gasteiger charge is 2.29. The van der Waals surface area contributed by atoms with Crippen LogP contribution in [0, 0.1) is 18.3 Å². The van der Waals surface area contributed by atoms with Gasteiger partial charge in [0.15, 0.2) is 5.78 Å². The van der Waals surface area contributed by atoms with Gasteiger partial charge >= 0.3 is 0 Å². The van der Waals surface area contributed by atoms with Crippen molar-refractivity contribution in [1.29, 1.82) is 0 Å². The molecule has 1 saturated heterocycles. The van der Waals surface area contributed by atoms with Crippen LogP contribution < -0.4 is 0 Å². The Balaban J connectivity index is 2.37. The fraction of sp³-hybridized carbons (Fsp3) is 0.700. The van der Waals surface area contributed by atoms with Gasteiger partial charge in [0.05, 0.1) is 0 Å². The molecule has 0 amide bonds. The molecule has 1 fully saturated rings. The van der Waals surface area contributed by atoms with Crippen molar-refractivity contribution in [3.63, 3.8) is 0 Å². The predicted octanol–water partition coefficient (Wildman–Crippen LogP) is 1.39. The van der Waals surface area contributed by atoms with Crippen LogP contribution in [0.5, 0.6) is 0 Å². The Labute approximate surface area is 73.3 Å². The molecular weight excluding hydrogens is 152 g/mol. The molecule has 1 aliphatic heterocycles. The van der Waals surface area contributed by atoms with Crippen LogP contribution in [-0.4, -0.2) is 18.5 Å². The molecule has 0 spiro atoms. The van der Waals surface area contributed by atoms with Gasteiger partial charge in [-0.15, -0.1) is 12.3 Å². The molecule has 0 N–H and O–H groups in total. The first kappa shape index (κ1) is 9.28. The molecule has 0 saturated carbocycles. The molecule has 12 heavy (non-hydrogen) atoms. The Kier molecular flexibility index (Phi) is 3.31. The summed E-state index contributed by atoms with van der Waals surface area (Å²) in [6, 6.07) is 0. The van der Waals surface area contributed by atoms with Crippen LogP contribution in [0.4, 0.5) is 0 Å². The van der Waals surface area contributed by atoms with E-state index in [1.807, 2.05) is 6.92 Å². The third-order valence-electron chi connectivity index (χ3n) is 2.22. The lowest BCUT2D eigenvalue weighted by molar-refractivity contribution is -0.129. The van der Waals surface area contributed by atoms with E-state index in [1.165, 1.54) is 0 Å². The van der Waals surface area contributed by atoms with E-state index in [0.29, 0.717) is 25.4 Å². The molecule has 2 atom stereocenters. The van der Waals surface area contributed by atoms with Crippen molar-refractivity contribution in [2.75, 3.05) is 6.61 Å². The predicted molar refractivity (Wildman–Crippen MR) is 46.6 cm³/mol. The fourth-order valence-corrected chi connectivity index (χ4v) is 1.44. The second-order valence-electron chi connectivity index (χ2n) is 3.23. The highest BCUT2D eigenvalue weighted by atomic mass is 16.5. The number of rotatable bonds is 3. The van der Waals surface area contributed by atoms with Crippen LogP contribution >= 0.6 is 0 Å². The minimum Gasteiger partial charge on any atom is -0.370 e. The van der Waals surface area contributed by atoms with Gasteiger partial charge in [-0.05, 0) is 12.3 Å². The van der Waals surface area contributed by atoms with E-state index in [4.69, 9.17) is 11.2 Å². The fourth-order valence-electron chi connectivity index (χ4n) is 1.44. The topological polar surface area (TPSA) is 26.3 Å². The molecule has 1 heterocycles. The Morgan fingerprint density at radius 1 is 1.75 bits per heavy atom. The van der Waals surface area contributed by atoms with E-state index < -0.39 is 0 Å². The van der Waals surface area contributed by atoms with E-state index in [-0.39, 0.29) is 11.9 Å². The molecule has 1 rings (SSSR count). The summed E-state index contributed by atoms with van der Waals surface area (Å²) in [5.41, 5.74) is 0. The van der Waals surface area contributed by atoms with Gasteiger partial charge in [-0.3, -0.25) is 4.79 Å². The van der Waals surface area contributed by atoms with Crippen molar-refractivity contribution in [2.24, 2.45) is 5.92 Å². The minimum atomic E-state index is -0.182. The Bertz CT molecular complexity index is 202. The first-order valence-corrected chi connectivity index (χ1v) is 4.33. The van der Waals surface area contributed by atoms with E-state index >= 15 is 0 Å². The maximum Gasteiger partial charge on any atom is 0.162 e. The number of ether oxygens (including phenoxy) is 1. The Morgan fingerprint density at radius 3 is 3.00 bits per heavy atom. The van der Waals surface area contributed by atoms with Crippen LogP contribution in [0.1, 0.15) is 26.2 Å². The highest BCUT2D eigenvalue weighted by Crippen LogP contribution is 2.21. The zero-order valence-corrected chi connectivity index (χ0v) is 7.38. The second kappa shape index (κ2) is 4.27. The number of hydrogen-bond acceptors (Lipinski definition) is 2. The zero-order valence-electron chi connectivity index (χ0n) is 7.38. The molecule has 0 aromatic carbocycles. The van der Waals surface area contributed by atoms with Gasteiger partial charge in [0, 0.05) is 19.4 Å². The number of Topliss-reactive ketones (excluding diaryl/α,β-unsaturated/α-hetero) is 1. The Hall–Kier alpha value is -0.810. The summed E-state index contributed by atoms with van der Waals surface area (Å²) >= 11 is 0. The molecule has 66 valence electrons. The molecule has 2 unspecified atom stereocenters. The number of carbonyl (C=O) groups excluding carboxylic acids is 1. The van der Waals surface area contributed by atoms with Gasteiger partial charge in [-0.1, -0.05) is 6.92 Å². The van der Waals surface area contributed by atoms with Crippen molar-refractivity contribution in [1.82, 2.24) is 0 Å². The molecule has 1 aliphatic rings. The lowest BCUT2D eigenvalue weighted by atomic mass is 9.98. The van der Waals surface area contributed by atoms with E-state index in [9.17, 15) is 4.79 Å². The number of hydrogen-bond donors (Lipinski definition) is 0. The standard InChI is InChI=1S/C10H14O2/c1-3-4-5-9(11)10-8(2)6-7-12-10/h1,8,10H,4-7H2,2H3. The van der Waals surface area contributed by atoms with Gasteiger partial charge in [-0.25, -0.2) is 0 Å². The first-order valence-electron chi connectivity index (χ1n) is 4.33. The maximum atomic E-state index is 11.4. The maximum absolute atomic E-state index is 11.4. The van der Waals surface area contributed by atoms with Crippen LogP contribution in [0.2, 0.25) is 0 Å². The number of carbonyl (C=O) groups is 1. The molecule has 0 bridgehead atoms. The highest BCUT2D eigenvalue weighted by molar-refractivity contribution is 5.83. The van der Waals surface area contributed by atoms with E-state index in [1.54, 1.807) is 0 Å². The normalized spacial score (nSPS) is 28.3. The minimum absolute atomic E-state index is 0.165. The van der Waals surface area contributed by atoms with Crippen molar-refractivity contribution >= 4 is 5.78 Å². The molecule has 0 aromatic heterocycles. The summed E-state index contributed by atoms with van der Waals surface area (Å²) in [5, 5.41) is 0. The SMILES string of the molecule is C#CCCC(=O)C1OCCC1C. The van der Waals surface area contributed by atoms with Crippen molar-refractivity contribution in [3.05, 3.63) is 0 Å². The summed E-state index contributed by atoms with van der Waals surface area (Å²) in [7, 11) is 0. The van der Waals surface area contributed by atoms with Crippen LogP contribution in [0.3, 0.4) is 0 Å². The lowest BCUT2D eigenvalue weighted by Gasteiger charge is -2.11. The largest absolute Gasteiger partial charge is 0.370 e. The third kappa shape index (κ3) is 2.09. The smallest absolute Gasteiger partial charge is 0.162 e. The van der Waals surface area contributed by atoms with Crippen LogP contribution in [0.15, 0.2) is 0 Å². The summed E-state index contributed by atoms with van der Waals surface area (Å²) in [6.45, 7) is 2.76. The van der Waals surface area contributed by atoms with Crippen LogP contribution in [-0.2, 0) is 9.53 Å². The van der Waals surface area contributed by atoms with Crippen molar-refractivity contribution in [2.45, 2.75) is 32.3 Å². The average molecular weight is 166 g/mol. The van der Waals surface area contributed by atoms with E-state index in [2.05, 4.69) is 5.92 Å². The average Bonchev–Trinajstić information content (AvgIpc) is 2.47. The summed E-state index contributed by atoms with van der Waals surface area (Å²) in [4.78, 5) is 11.4. The summed E-state index contributed by atoms with van der Waals surface area (Å²) in [6.07, 6.45) is 6.87. The van der Waals surface area contributed by atoms with E-state index in [0.717, 1.165) is 6.42 Å². The number of terminal acetylenes is 1. The molecule has 2 nitrogen and oxygen atoms in total. The van der Waals surface area contributed by atoms with Gasteiger partial charge < -0.3 is 4.74 Å². The third-order valence-corrected chi connectivity index (χ3v) is 2.22. The van der Waals surface area contributed by atoms with Gasteiger partial charge in [0.1, 0.15) is 6.10 Å². The lowest BCUT2D eigenvalue weighted by Crippen LogP contribution is -2.24. The van der Waals surface area contributed by atoms with Gasteiger partial charge in [0.2, 0.25) is 0 Å². The van der Waals surface area contributed by atoms with Gasteiger partial charge in [-0.2, -0.15) is 0 Å². The second-order valence-corrected chi connectivity index (χ2v) is 3.23. The van der Waals surface area contributed by atoms with Crippen molar-refractivity contribution in [3.8, 4) is 12.3 Å². The van der Waals surface area contributed by atoms with Gasteiger partial charge in [0.25, 0.3) is 0 Å². The molecule has 0 radical (unpaired) electrons. The first-order chi connectivity index (χ1) is 5.75. The Morgan fingerprint density at radius 2 is 2.50 bits per heavy atom.